The molecule has 0 spiro atoms. The Bertz CT molecular complexity index is 1240. The minimum Gasteiger partial charge on any atom is -0.451 e. The molecular weight excluding hydrogens is 418 g/mol. The summed E-state index contributed by atoms with van der Waals surface area (Å²) in [7, 11) is 0. The molecule has 0 aliphatic heterocycles. The summed E-state index contributed by atoms with van der Waals surface area (Å²) in [6.07, 6.45) is 0. The summed E-state index contributed by atoms with van der Waals surface area (Å²) in [6, 6.07) is 13.6. The number of hydrogen-bond donors (Lipinski definition) is 1. The molecule has 152 valence electrons. The molecule has 0 saturated heterocycles. The smallest absolute Gasteiger partial charge is 0.350 e. The van der Waals surface area contributed by atoms with Gasteiger partial charge in [0.2, 0.25) is 0 Å². The monoisotopic (exact) mass is 437 g/mol. The van der Waals surface area contributed by atoms with Gasteiger partial charge in [-0.05, 0) is 62.7 Å². The summed E-state index contributed by atoms with van der Waals surface area (Å²) in [5.41, 5.74) is 4.41. The average Bonchev–Trinajstić information content (AvgIpc) is 3.28. The van der Waals surface area contributed by atoms with E-state index in [1.807, 2.05) is 37.3 Å². The van der Waals surface area contributed by atoms with E-state index in [2.05, 4.69) is 34.3 Å². The van der Waals surface area contributed by atoms with Crippen molar-refractivity contribution < 1.29 is 14.3 Å². The second-order valence-corrected chi connectivity index (χ2v) is 9.07. The maximum atomic E-state index is 12.1. The van der Waals surface area contributed by atoms with Crippen molar-refractivity contribution in [3.63, 3.8) is 0 Å². The van der Waals surface area contributed by atoms with Crippen molar-refractivity contribution in [1.29, 1.82) is 0 Å². The SMILES string of the molecule is Cc1ccc2nc(-c3ccc(NC(=O)COC(=O)c4sc(C)nc4C)cc3)sc2c1. The number of esters is 1. The van der Waals surface area contributed by atoms with Crippen LogP contribution in [0.5, 0.6) is 0 Å². The molecule has 4 aromatic rings. The molecule has 2 aromatic heterocycles. The van der Waals surface area contributed by atoms with Crippen LogP contribution in [0.25, 0.3) is 20.8 Å². The van der Waals surface area contributed by atoms with Gasteiger partial charge in [-0.1, -0.05) is 6.07 Å². The van der Waals surface area contributed by atoms with Crippen molar-refractivity contribution in [3.8, 4) is 10.6 Å². The highest BCUT2D eigenvalue weighted by molar-refractivity contribution is 7.21. The number of amides is 1. The Morgan fingerprint density at radius 3 is 2.47 bits per heavy atom. The number of thiazole rings is 2. The van der Waals surface area contributed by atoms with Crippen LogP contribution in [0.15, 0.2) is 42.5 Å². The van der Waals surface area contributed by atoms with Gasteiger partial charge in [-0.25, -0.2) is 14.8 Å². The van der Waals surface area contributed by atoms with Gasteiger partial charge in [0.05, 0.1) is 20.9 Å². The van der Waals surface area contributed by atoms with Crippen LogP contribution in [0.3, 0.4) is 0 Å². The second-order valence-electron chi connectivity index (χ2n) is 6.84. The highest BCUT2D eigenvalue weighted by Crippen LogP contribution is 2.31. The predicted molar refractivity (Wildman–Crippen MR) is 120 cm³/mol. The normalized spacial score (nSPS) is 10.9. The molecule has 1 N–H and O–H groups in total. The van der Waals surface area contributed by atoms with Crippen molar-refractivity contribution >= 4 is 50.5 Å². The molecule has 1 amide bonds. The Morgan fingerprint density at radius 2 is 1.77 bits per heavy atom. The highest BCUT2D eigenvalue weighted by Gasteiger charge is 2.16. The molecular formula is C22H19N3O3S2. The third kappa shape index (κ3) is 4.39. The van der Waals surface area contributed by atoms with Crippen LogP contribution < -0.4 is 5.32 Å². The molecule has 30 heavy (non-hydrogen) atoms. The maximum Gasteiger partial charge on any atom is 0.350 e. The number of aryl methyl sites for hydroxylation is 3. The summed E-state index contributed by atoms with van der Waals surface area (Å²) in [5.74, 6) is -0.930. The summed E-state index contributed by atoms with van der Waals surface area (Å²) in [4.78, 5) is 33.5. The number of benzene rings is 2. The van der Waals surface area contributed by atoms with Gasteiger partial charge in [0.1, 0.15) is 9.88 Å². The summed E-state index contributed by atoms with van der Waals surface area (Å²) < 4.78 is 6.25. The Kier molecular flexibility index (Phi) is 5.61. The van der Waals surface area contributed by atoms with Crippen LogP contribution in [0.4, 0.5) is 5.69 Å². The van der Waals surface area contributed by atoms with E-state index >= 15 is 0 Å². The lowest BCUT2D eigenvalue weighted by Gasteiger charge is -2.06. The molecule has 8 heteroatoms. The Hall–Kier alpha value is -3.10. The molecule has 2 aromatic carbocycles. The number of fused-ring (bicyclic) bond motifs is 1. The van der Waals surface area contributed by atoms with Gasteiger partial charge in [-0.2, -0.15) is 0 Å². The molecule has 0 bridgehead atoms. The molecule has 0 aliphatic carbocycles. The zero-order chi connectivity index (χ0) is 21.3. The topological polar surface area (TPSA) is 81.2 Å². The van der Waals surface area contributed by atoms with E-state index < -0.39 is 11.9 Å². The van der Waals surface area contributed by atoms with E-state index in [4.69, 9.17) is 4.74 Å². The first-order valence-electron chi connectivity index (χ1n) is 9.27. The zero-order valence-electron chi connectivity index (χ0n) is 16.7. The molecule has 6 nitrogen and oxygen atoms in total. The van der Waals surface area contributed by atoms with Crippen molar-refractivity contribution in [1.82, 2.24) is 9.97 Å². The van der Waals surface area contributed by atoms with E-state index in [9.17, 15) is 9.59 Å². The fraction of sp³-hybridized carbons (Fsp3) is 0.182. The zero-order valence-corrected chi connectivity index (χ0v) is 18.3. The average molecular weight is 438 g/mol. The lowest BCUT2D eigenvalue weighted by Crippen LogP contribution is -2.20. The fourth-order valence-corrected chi connectivity index (χ4v) is 4.85. The van der Waals surface area contributed by atoms with Gasteiger partial charge in [-0.3, -0.25) is 4.79 Å². The van der Waals surface area contributed by atoms with Crippen LogP contribution in [-0.2, 0) is 9.53 Å². The Morgan fingerprint density at radius 1 is 1.00 bits per heavy atom. The first-order chi connectivity index (χ1) is 14.4. The molecule has 0 saturated carbocycles. The third-order valence-corrected chi connectivity index (χ3v) is 6.50. The molecule has 0 unspecified atom stereocenters. The van der Waals surface area contributed by atoms with Gasteiger partial charge in [0.25, 0.3) is 5.91 Å². The number of carbonyl (C=O) groups is 2. The number of carbonyl (C=O) groups excluding carboxylic acids is 2. The van der Waals surface area contributed by atoms with Gasteiger partial charge >= 0.3 is 5.97 Å². The quantitative estimate of drug-likeness (QED) is 0.437. The van der Waals surface area contributed by atoms with Crippen molar-refractivity contribution in [3.05, 3.63) is 63.6 Å². The summed E-state index contributed by atoms with van der Waals surface area (Å²) >= 11 is 2.89. The standard InChI is InChI=1S/C22H19N3O3S2/c1-12-4-9-17-18(10-12)30-21(25-17)15-5-7-16(8-6-15)24-19(26)11-28-22(27)20-13(2)23-14(3)29-20/h4-10H,11H2,1-3H3,(H,24,26). The first-order valence-corrected chi connectivity index (χ1v) is 10.9. The third-order valence-electron chi connectivity index (χ3n) is 4.38. The van der Waals surface area contributed by atoms with Crippen LogP contribution in [0.2, 0.25) is 0 Å². The van der Waals surface area contributed by atoms with Crippen LogP contribution in [-0.4, -0.2) is 28.5 Å². The number of nitrogens with one attached hydrogen (secondary N) is 1. The maximum absolute atomic E-state index is 12.1. The van der Waals surface area contributed by atoms with Gasteiger partial charge in [0, 0.05) is 11.3 Å². The molecule has 2 heterocycles. The molecule has 0 fully saturated rings. The fourth-order valence-electron chi connectivity index (χ4n) is 2.97. The lowest BCUT2D eigenvalue weighted by molar-refractivity contribution is -0.119. The van der Waals surface area contributed by atoms with Crippen molar-refractivity contribution in [2.45, 2.75) is 20.8 Å². The van der Waals surface area contributed by atoms with Gasteiger partial charge in [-0.15, -0.1) is 22.7 Å². The van der Waals surface area contributed by atoms with Crippen LogP contribution in [0.1, 0.15) is 25.9 Å². The van der Waals surface area contributed by atoms with E-state index in [1.165, 1.54) is 16.9 Å². The predicted octanol–water partition coefficient (Wildman–Crippen LogP) is 5.14. The van der Waals surface area contributed by atoms with Gasteiger partial charge < -0.3 is 10.1 Å². The number of rotatable bonds is 5. The van der Waals surface area contributed by atoms with E-state index in [0.717, 1.165) is 25.8 Å². The number of ether oxygens (including phenoxy) is 1. The first kappa shape index (κ1) is 20.2. The number of aromatic nitrogens is 2. The molecule has 0 radical (unpaired) electrons. The van der Waals surface area contributed by atoms with Crippen molar-refractivity contribution in [2.75, 3.05) is 11.9 Å². The van der Waals surface area contributed by atoms with Gasteiger partial charge in [0.15, 0.2) is 6.61 Å². The minimum atomic E-state index is -0.533. The summed E-state index contributed by atoms with van der Waals surface area (Å²) in [5, 5.41) is 4.45. The Labute approximate surface area is 181 Å². The van der Waals surface area contributed by atoms with E-state index in [-0.39, 0.29) is 6.61 Å². The van der Waals surface area contributed by atoms with E-state index in [0.29, 0.717) is 16.3 Å². The van der Waals surface area contributed by atoms with Crippen molar-refractivity contribution in [2.24, 2.45) is 0 Å². The lowest BCUT2D eigenvalue weighted by atomic mass is 10.2. The molecule has 0 aliphatic rings. The number of hydrogen-bond acceptors (Lipinski definition) is 7. The van der Waals surface area contributed by atoms with Crippen LogP contribution >= 0.6 is 22.7 Å². The Balaban J connectivity index is 1.37. The van der Waals surface area contributed by atoms with E-state index in [1.54, 1.807) is 18.3 Å². The summed E-state index contributed by atoms with van der Waals surface area (Å²) in [6.45, 7) is 5.27. The molecule has 4 rings (SSSR count). The number of nitrogens with zero attached hydrogens (tertiary/aromatic N) is 2. The highest BCUT2D eigenvalue weighted by atomic mass is 32.1. The van der Waals surface area contributed by atoms with Crippen LogP contribution in [0, 0.1) is 20.8 Å². The second kappa shape index (κ2) is 8.33. The minimum absolute atomic E-state index is 0.353. The largest absolute Gasteiger partial charge is 0.451 e. The number of anilines is 1. The molecule has 0 atom stereocenters.